The molecule has 0 heterocycles. The molecule has 0 atom stereocenters. The average Bonchev–Trinajstić information content (AvgIpc) is 2.47. The number of carbonyl (C=O) groups is 2. The molecule has 114 valence electrons. The van der Waals surface area contributed by atoms with Gasteiger partial charge in [-0.3, -0.25) is 9.59 Å². The Morgan fingerprint density at radius 1 is 1.05 bits per heavy atom. The lowest BCUT2D eigenvalue weighted by molar-refractivity contribution is -0.0498. The maximum absolute atomic E-state index is 12.2. The Hall–Kier alpha value is -2.76. The van der Waals surface area contributed by atoms with Gasteiger partial charge in [0.2, 0.25) is 0 Å². The van der Waals surface area contributed by atoms with Crippen molar-refractivity contribution in [1.29, 1.82) is 0 Å². The van der Waals surface area contributed by atoms with Crippen LogP contribution in [0.4, 0.5) is 14.5 Å². The number of ether oxygens (including phenoxy) is 1. The minimum atomic E-state index is -2.95. The Morgan fingerprint density at radius 2 is 1.73 bits per heavy atom. The number of Topliss-reactive ketones (excluding diaryl/α,β-unsaturated/α-hetero) is 1. The minimum absolute atomic E-state index is 0.0743. The number of carbonyl (C=O) groups excluding carboxylic acids is 2. The van der Waals surface area contributed by atoms with Crippen LogP contribution in [0, 0.1) is 0 Å². The molecule has 22 heavy (non-hydrogen) atoms. The monoisotopic (exact) mass is 305 g/mol. The number of hydrogen-bond acceptors (Lipinski definition) is 3. The second-order valence-electron chi connectivity index (χ2n) is 4.49. The molecule has 0 aliphatic carbocycles. The average molecular weight is 305 g/mol. The van der Waals surface area contributed by atoms with Crippen LogP contribution in [0.15, 0.2) is 48.5 Å². The molecule has 2 aromatic rings. The molecular weight excluding hydrogens is 292 g/mol. The summed E-state index contributed by atoms with van der Waals surface area (Å²) in [4.78, 5) is 23.2. The Morgan fingerprint density at radius 3 is 2.32 bits per heavy atom. The number of alkyl halides is 2. The molecule has 1 amide bonds. The van der Waals surface area contributed by atoms with E-state index in [0.717, 1.165) is 0 Å². The van der Waals surface area contributed by atoms with Gasteiger partial charge in [0, 0.05) is 16.8 Å². The van der Waals surface area contributed by atoms with E-state index in [1.54, 1.807) is 24.3 Å². The zero-order chi connectivity index (χ0) is 16.1. The summed E-state index contributed by atoms with van der Waals surface area (Å²) in [5.41, 5.74) is 1.22. The van der Waals surface area contributed by atoms with Crippen LogP contribution < -0.4 is 10.1 Å². The molecule has 6 heteroatoms. The SMILES string of the molecule is CC(=O)c1ccc(NC(=O)c2cccc(OC(F)F)c2)cc1. The Bertz CT molecular complexity index is 684. The van der Waals surface area contributed by atoms with E-state index in [0.29, 0.717) is 11.3 Å². The summed E-state index contributed by atoms with van der Waals surface area (Å²) in [7, 11) is 0. The van der Waals surface area contributed by atoms with E-state index >= 15 is 0 Å². The third-order valence-electron chi connectivity index (χ3n) is 2.87. The third kappa shape index (κ3) is 4.12. The summed E-state index contributed by atoms with van der Waals surface area (Å²) in [6.07, 6.45) is 0. The van der Waals surface area contributed by atoms with Crippen LogP contribution in [-0.4, -0.2) is 18.3 Å². The number of halogens is 2. The van der Waals surface area contributed by atoms with E-state index in [9.17, 15) is 18.4 Å². The molecule has 0 unspecified atom stereocenters. The van der Waals surface area contributed by atoms with Crippen molar-refractivity contribution in [3.63, 3.8) is 0 Å². The first-order chi connectivity index (χ1) is 10.5. The van der Waals surface area contributed by atoms with Crippen molar-refractivity contribution in [3.05, 3.63) is 59.7 Å². The van der Waals surface area contributed by atoms with Crippen LogP contribution in [0.3, 0.4) is 0 Å². The molecule has 2 rings (SSSR count). The first kappa shape index (κ1) is 15.6. The molecular formula is C16H13F2NO3. The molecule has 0 aliphatic heterocycles. The number of anilines is 1. The van der Waals surface area contributed by atoms with Crippen molar-refractivity contribution in [2.45, 2.75) is 13.5 Å². The van der Waals surface area contributed by atoms with Gasteiger partial charge in [0.15, 0.2) is 5.78 Å². The number of rotatable bonds is 5. The van der Waals surface area contributed by atoms with Gasteiger partial charge >= 0.3 is 6.61 Å². The van der Waals surface area contributed by atoms with Gasteiger partial charge in [-0.1, -0.05) is 6.07 Å². The fourth-order valence-electron chi connectivity index (χ4n) is 1.81. The van der Waals surface area contributed by atoms with Crippen molar-refractivity contribution >= 4 is 17.4 Å². The maximum Gasteiger partial charge on any atom is 0.387 e. The molecule has 1 N–H and O–H groups in total. The van der Waals surface area contributed by atoms with Gasteiger partial charge in [0.1, 0.15) is 5.75 Å². The van der Waals surface area contributed by atoms with Gasteiger partial charge in [-0.2, -0.15) is 8.78 Å². The van der Waals surface area contributed by atoms with Crippen molar-refractivity contribution in [1.82, 2.24) is 0 Å². The fourth-order valence-corrected chi connectivity index (χ4v) is 1.81. The summed E-state index contributed by atoms with van der Waals surface area (Å²) in [6, 6.07) is 11.9. The lowest BCUT2D eigenvalue weighted by Gasteiger charge is -2.08. The van der Waals surface area contributed by atoms with E-state index < -0.39 is 12.5 Å². The first-order valence-corrected chi connectivity index (χ1v) is 6.43. The van der Waals surface area contributed by atoms with Gasteiger partial charge in [0.05, 0.1) is 0 Å². The smallest absolute Gasteiger partial charge is 0.387 e. The molecule has 2 aromatic carbocycles. The summed E-state index contributed by atoms with van der Waals surface area (Å²) in [6.45, 7) is -1.50. The molecule has 0 fully saturated rings. The lowest BCUT2D eigenvalue weighted by atomic mass is 10.1. The Labute approximate surface area is 125 Å². The highest BCUT2D eigenvalue weighted by Crippen LogP contribution is 2.17. The molecule has 0 saturated carbocycles. The number of amides is 1. The standard InChI is InChI=1S/C16H13F2NO3/c1-10(20)11-5-7-13(8-6-11)19-15(21)12-3-2-4-14(9-12)22-16(17)18/h2-9,16H,1H3,(H,19,21). The molecule has 0 spiro atoms. The molecule has 0 radical (unpaired) electrons. The normalized spacial score (nSPS) is 10.4. The highest BCUT2D eigenvalue weighted by atomic mass is 19.3. The molecule has 0 aliphatic rings. The summed E-state index contributed by atoms with van der Waals surface area (Å²) in [5, 5.41) is 2.61. The quantitative estimate of drug-likeness (QED) is 0.856. The van der Waals surface area contributed by atoms with Gasteiger partial charge in [-0.05, 0) is 49.4 Å². The highest BCUT2D eigenvalue weighted by molar-refractivity contribution is 6.04. The molecule has 0 aromatic heterocycles. The maximum atomic E-state index is 12.2. The van der Waals surface area contributed by atoms with Gasteiger partial charge in [-0.25, -0.2) is 0 Å². The second kappa shape index (κ2) is 6.80. The summed E-state index contributed by atoms with van der Waals surface area (Å²) >= 11 is 0. The van der Waals surface area contributed by atoms with Crippen molar-refractivity contribution < 1.29 is 23.1 Å². The van der Waals surface area contributed by atoms with Crippen LogP contribution in [0.2, 0.25) is 0 Å². The minimum Gasteiger partial charge on any atom is -0.435 e. The first-order valence-electron chi connectivity index (χ1n) is 6.43. The predicted molar refractivity (Wildman–Crippen MR) is 77.5 cm³/mol. The van der Waals surface area contributed by atoms with E-state index in [4.69, 9.17) is 0 Å². The lowest BCUT2D eigenvalue weighted by Crippen LogP contribution is -2.12. The molecule has 0 saturated heterocycles. The zero-order valence-electron chi connectivity index (χ0n) is 11.7. The van der Waals surface area contributed by atoms with E-state index in [1.165, 1.54) is 31.2 Å². The van der Waals surface area contributed by atoms with Crippen molar-refractivity contribution in [3.8, 4) is 5.75 Å². The zero-order valence-corrected chi connectivity index (χ0v) is 11.7. The van der Waals surface area contributed by atoms with Gasteiger partial charge in [-0.15, -0.1) is 0 Å². The Kier molecular flexibility index (Phi) is 4.83. The van der Waals surface area contributed by atoms with Crippen LogP contribution >= 0.6 is 0 Å². The van der Waals surface area contributed by atoms with Crippen LogP contribution in [0.1, 0.15) is 27.6 Å². The second-order valence-corrected chi connectivity index (χ2v) is 4.49. The van der Waals surface area contributed by atoms with Gasteiger partial charge in [0.25, 0.3) is 5.91 Å². The van der Waals surface area contributed by atoms with Crippen LogP contribution in [0.25, 0.3) is 0 Å². The number of ketones is 1. The predicted octanol–water partition coefficient (Wildman–Crippen LogP) is 3.74. The molecule has 0 bridgehead atoms. The Balaban J connectivity index is 2.10. The van der Waals surface area contributed by atoms with Crippen LogP contribution in [0.5, 0.6) is 5.75 Å². The number of hydrogen-bond donors (Lipinski definition) is 1. The summed E-state index contributed by atoms with van der Waals surface area (Å²) < 4.78 is 28.6. The molecule has 4 nitrogen and oxygen atoms in total. The van der Waals surface area contributed by atoms with E-state index in [1.807, 2.05) is 0 Å². The van der Waals surface area contributed by atoms with Gasteiger partial charge < -0.3 is 10.1 Å². The van der Waals surface area contributed by atoms with E-state index in [-0.39, 0.29) is 17.1 Å². The van der Waals surface area contributed by atoms with Crippen molar-refractivity contribution in [2.24, 2.45) is 0 Å². The highest BCUT2D eigenvalue weighted by Gasteiger charge is 2.10. The van der Waals surface area contributed by atoms with Crippen LogP contribution in [-0.2, 0) is 0 Å². The largest absolute Gasteiger partial charge is 0.435 e. The summed E-state index contributed by atoms with van der Waals surface area (Å²) in [5.74, 6) is -0.625. The number of benzene rings is 2. The third-order valence-corrected chi connectivity index (χ3v) is 2.87. The topological polar surface area (TPSA) is 55.4 Å². The van der Waals surface area contributed by atoms with E-state index in [2.05, 4.69) is 10.1 Å². The fraction of sp³-hybridized carbons (Fsp3) is 0.125. The van der Waals surface area contributed by atoms with Crippen molar-refractivity contribution in [2.75, 3.05) is 5.32 Å². The number of nitrogens with one attached hydrogen (secondary N) is 1.